The molecule has 1 aromatic rings. The molecule has 8 nitrogen and oxygen atoms in total. The third kappa shape index (κ3) is 4.29. The van der Waals surface area contributed by atoms with Crippen molar-refractivity contribution in [3.63, 3.8) is 0 Å². The zero-order valence-electron chi connectivity index (χ0n) is 10.6. The molecule has 2 atom stereocenters. The van der Waals surface area contributed by atoms with Crippen molar-refractivity contribution in [1.29, 1.82) is 0 Å². The fraction of sp³-hybridized carbons (Fsp3) is 0.667. The molecule has 0 aliphatic carbocycles. The van der Waals surface area contributed by atoms with Gasteiger partial charge in [-0.1, -0.05) is 0 Å². The first kappa shape index (κ1) is 16.0. The Bertz CT molecular complexity index is 709. The van der Waals surface area contributed by atoms with Gasteiger partial charge < -0.3 is 0 Å². The standard InChI is InChI=1S/C9H14AsNO7S2/c1-6-9(10-4-7(10)5-20(15,16)17)8(11-18-6)2-3-19(12,13)14/h7H,2-5H2,1H3,(H,12,13,14)(H,15,16,17). The molecule has 2 heterocycles. The normalized spacial score (nSPS) is 22.9. The molecule has 1 aromatic heterocycles. The summed E-state index contributed by atoms with van der Waals surface area (Å²) in [6.07, 6.45) is 0.0371. The summed E-state index contributed by atoms with van der Waals surface area (Å²) >= 11 is -1.65. The van der Waals surface area contributed by atoms with E-state index in [1.54, 1.807) is 6.92 Å². The molecule has 0 bridgehead atoms. The van der Waals surface area contributed by atoms with Gasteiger partial charge in [0.15, 0.2) is 0 Å². The third-order valence-corrected chi connectivity index (χ3v) is 10.8. The van der Waals surface area contributed by atoms with Gasteiger partial charge in [-0.15, -0.1) is 0 Å². The van der Waals surface area contributed by atoms with Crippen molar-refractivity contribution in [1.82, 2.24) is 5.16 Å². The molecule has 20 heavy (non-hydrogen) atoms. The van der Waals surface area contributed by atoms with Crippen molar-refractivity contribution in [2.45, 2.75) is 23.3 Å². The van der Waals surface area contributed by atoms with Crippen LogP contribution in [-0.2, 0) is 26.7 Å². The van der Waals surface area contributed by atoms with Gasteiger partial charge in [0.2, 0.25) is 0 Å². The second kappa shape index (κ2) is 5.41. The van der Waals surface area contributed by atoms with Gasteiger partial charge in [-0.3, -0.25) is 0 Å². The van der Waals surface area contributed by atoms with Crippen LogP contribution in [0.1, 0.15) is 11.5 Å². The molecule has 2 N–H and O–H groups in total. The maximum absolute atomic E-state index is 10.9. The van der Waals surface area contributed by atoms with Crippen molar-refractivity contribution >= 4 is 39.2 Å². The minimum atomic E-state index is -4.08. The van der Waals surface area contributed by atoms with E-state index in [-0.39, 0.29) is 16.9 Å². The predicted octanol–water partition coefficient (Wildman–Crippen LogP) is -0.613. The summed E-state index contributed by atoms with van der Waals surface area (Å²) in [6, 6.07) is 0. The van der Waals surface area contributed by atoms with Gasteiger partial charge in [0.25, 0.3) is 0 Å². The minimum absolute atomic E-state index is 0.0371. The Labute approximate surface area is 121 Å². The molecule has 0 spiro atoms. The second-order valence-corrected chi connectivity index (χ2v) is 12.9. The summed E-state index contributed by atoms with van der Waals surface area (Å²) in [5.41, 5.74) is 0.470. The van der Waals surface area contributed by atoms with E-state index in [0.717, 1.165) is 4.35 Å². The van der Waals surface area contributed by atoms with Crippen molar-refractivity contribution < 1.29 is 30.5 Å². The molecule has 0 amide bonds. The Morgan fingerprint density at radius 2 is 1.95 bits per heavy atom. The molecular formula is C9H14AsNO7S2. The first-order valence-electron chi connectivity index (χ1n) is 5.69. The van der Waals surface area contributed by atoms with Gasteiger partial charge in [-0.2, -0.15) is 0 Å². The van der Waals surface area contributed by atoms with E-state index >= 15 is 0 Å². The van der Waals surface area contributed by atoms with Crippen LogP contribution in [0.15, 0.2) is 4.52 Å². The first-order chi connectivity index (χ1) is 9.07. The van der Waals surface area contributed by atoms with Gasteiger partial charge in [0.05, 0.1) is 0 Å². The van der Waals surface area contributed by atoms with E-state index < -0.39 is 40.6 Å². The number of aromatic nitrogens is 1. The van der Waals surface area contributed by atoms with E-state index in [4.69, 9.17) is 13.6 Å². The molecule has 1 aliphatic rings. The fourth-order valence-electron chi connectivity index (χ4n) is 2.01. The average molecular weight is 387 g/mol. The molecule has 1 fully saturated rings. The Balaban J connectivity index is 2.12. The number of hydrogen-bond donors (Lipinski definition) is 2. The number of aryl methyl sites for hydroxylation is 2. The predicted molar refractivity (Wildman–Crippen MR) is 71.7 cm³/mol. The van der Waals surface area contributed by atoms with Crippen LogP contribution in [0.3, 0.4) is 0 Å². The summed E-state index contributed by atoms with van der Waals surface area (Å²) in [5.74, 6) is -0.153. The number of hydrogen-bond acceptors (Lipinski definition) is 6. The molecule has 1 saturated heterocycles. The van der Waals surface area contributed by atoms with E-state index in [1.807, 2.05) is 0 Å². The molecule has 114 valence electrons. The molecule has 0 aromatic carbocycles. The molecule has 0 radical (unpaired) electrons. The van der Waals surface area contributed by atoms with Gasteiger partial charge >= 0.3 is 121 Å². The summed E-state index contributed by atoms with van der Waals surface area (Å²) < 4.78 is 66.6. The molecule has 2 rings (SSSR count). The van der Waals surface area contributed by atoms with Crippen molar-refractivity contribution in [2.24, 2.45) is 0 Å². The van der Waals surface area contributed by atoms with Crippen LogP contribution in [0.4, 0.5) is 0 Å². The van der Waals surface area contributed by atoms with Crippen molar-refractivity contribution in [3.05, 3.63) is 11.5 Å². The fourth-order valence-corrected chi connectivity index (χ4v) is 11.0. The van der Waals surface area contributed by atoms with Crippen LogP contribution < -0.4 is 4.35 Å². The van der Waals surface area contributed by atoms with Crippen molar-refractivity contribution in [2.75, 3.05) is 11.5 Å². The zero-order chi connectivity index (χ0) is 15.1. The van der Waals surface area contributed by atoms with Gasteiger partial charge in [-0.25, -0.2) is 0 Å². The van der Waals surface area contributed by atoms with Crippen LogP contribution in [0.25, 0.3) is 0 Å². The van der Waals surface area contributed by atoms with Crippen LogP contribution in [0.5, 0.6) is 0 Å². The first-order valence-corrected chi connectivity index (χ1v) is 12.3. The summed E-state index contributed by atoms with van der Waals surface area (Å²) in [7, 11) is -8.08. The number of rotatable bonds is 6. The van der Waals surface area contributed by atoms with E-state index in [1.165, 1.54) is 0 Å². The van der Waals surface area contributed by atoms with Crippen LogP contribution in [-0.4, -0.2) is 57.3 Å². The van der Waals surface area contributed by atoms with Gasteiger partial charge in [-0.05, 0) is 0 Å². The van der Waals surface area contributed by atoms with E-state index in [9.17, 15) is 16.8 Å². The van der Waals surface area contributed by atoms with Gasteiger partial charge in [0, 0.05) is 0 Å². The molecule has 2 unspecified atom stereocenters. The summed E-state index contributed by atoms with van der Waals surface area (Å²) in [5, 5.41) is 4.50. The van der Waals surface area contributed by atoms with Crippen LogP contribution in [0, 0.1) is 6.92 Å². The quantitative estimate of drug-likeness (QED) is 0.487. The zero-order valence-corrected chi connectivity index (χ0v) is 14.1. The molecule has 1 aliphatic heterocycles. The summed E-state index contributed by atoms with van der Waals surface area (Å²) in [4.78, 5) is 0. The average Bonchev–Trinajstić information content (AvgIpc) is 2.85. The third-order valence-electron chi connectivity index (χ3n) is 2.90. The SMILES string of the molecule is Cc1onc(CCS(=O)(=O)O)c1[As]1CC1CS(=O)(=O)O. The molecule has 0 saturated carbocycles. The van der Waals surface area contributed by atoms with E-state index in [0.29, 0.717) is 16.7 Å². The monoisotopic (exact) mass is 387 g/mol. The van der Waals surface area contributed by atoms with Crippen LogP contribution in [0.2, 0.25) is 9.91 Å². The topological polar surface area (TPSA) is 135 Å². The Morgan fingerprint density at radius 3 is 2.50 bits per heavy atom. The van der Waals surface area contributed by atoms with E-state index in [2.05, 4.69) is 5.16 Å². The second-order valence-electron chi connectivity index (χ2n) is 4.62. The Kier molecular flexibility index (Phi) is 4.32. The Hall–Kier alpha value is -0.412. The summed E-state index contributed by atoms with van der Waals surface area (Å²) in [6.45, 7) is 1.69. The molecule has 11 heteroatoms. The number of nitrogens with zero attached hydrogens (tertiary/aromatic N) is 1. The molecular weight excluding hydrogens is 373 g/mol. The van der Waals surface area contributed by atoms with Gasteiger partial charge in [0.1, 0.15) is 0 Å². The van der Waals surface area contributed by atoms with Crippen molar-refractivity contribution in [3.8, 4) is 0 Å². The maximum atomic E-state index is 10.9. The van der Waals surface area contributed by atoms with Crippen LogP contribution >= 0.6 is 0 Å². The Morgan fingerprint density at radius 1 is 1.30 bits per heavy atom.